The fraction of sp³-hybridized carbons (Fsp3) is 0.391. The Bertz CT molecular complexity index is 972. The summed E-state index contributed by atoms with van der Waals surface area (Å²) >= 11 is 0. The van der Waals surface area contributed by atoms with Crippen LogP contribution in [0.1, 0.15) is 22.7 Å². The van der Waals surface area contributed by atoms with Crippen molar-refractivity contribution in [2.45, 2.75) is 19.9 Å². The zero-order chi connectivity index (χ0) is 21.8. The maximum atomic E-state index is 12.5. The molecule has 8 nitrogen and oxygen atoms in total. The highest BCUT2D eigenvalue weighted by Crippen LogP contribution is 2.35. The van der Waals surface area contributed by atoms with Gasteiger partial charge in [-0.1, -0.05) is 18.2 Å². The molecule has 0 bridgehead atoms. The first-order valence-corrected chi connectivity index (χ1v) is 10.4. The van der Waals surface area contributed by atoms with Gasteiger partial charge in [-0.2, -0.15) is 0 Å². The molecule has 2 aliphatic rings. The molecule has 0 aromatic heterocycles. The summed E-state index contributed by atoms with van der Waals surface area (Å²) in [4.78, 5) is 27.2. The number of hydrogen-bond acceptors (Lipinski definition) is 6. The van der Waals surface area contributed by atoms with E-state index in [-0.39, 0.29) is 12.8 Å². The number of nitrogens with one attached hydrogen (secondary N) is 2. The molecule has 1 fully saturated rings. The second-order valence-electron chi connectivity index (χ2n) is 7.76. The molecule has 0 aliphatic carbocycles. The third-order valence-corrected chi connectivity index (χ3v) is 5.57. The van der Waals surface area contributed by atoms with Crippen LogP contribution in [0.4, 0.5) is 5.69 Å². The molecule has 2 amide bonds. The van der Waals surface area contributed by atoms with E-state index in [4.69, 9.17) is 14.2 Å². The van der Waals surface area contributed by atoms with Crippen molar-refractivity contribution in [2.24, 2.45) is 0 Å². The highest BCUT2D eigenvalue weighted by atomic mass is 16.7. The number of benzene rings is 2. The van der Waals surface area contributed by atoms with Gasteiger partial charge in [-0.15, -0.1) is 0 Å². The van der Waals surface area contributed by atoms with Crippen molar-refractivity contribution in [1.29, 1.82) is 0 Å². The highest BCUT2D eigenvalue weighted by Gasteiger charge is 2.26. The van der Waals surface area contributed by atoms with Crippen LogP contribution in [-0.2, 0) is 14.3 Å². The van der Waals surface area contributed by atoms with Crippen LogP contribution >= 0.6 is 0 Å². The molecule has 164 valence electrons. The second kappa shape index (κ2) is 9.36. The highest BCUT2D eigenvalue weighted by molar-refractivity contribution is 6.39. The van der Waals surface area contributed by atoms with Crippen LogP contribution in [0, 0.1) is 13.8 Å². The van der Waals surface area contributed by atoms with Crippen molar-refractivity contribution in [3.8, 4) is 11.5 Å². The number of nitrogens with zero attached hydrogens (tertiary/aromatic N) is 1. The van der Waals surface area contributed by atoms with Crippen molar-refractivity contribution in [1.82, 2.24) is 10.2 Å². The Hall–Kier alpha value is -3.10. The van der Waals surface area contributed by atoms with Crippen LogP contribution in [0.5, 0.6) is 11.5 Å². The number of hydrogen-bond donors (Lipinski definition) is 2. The molecule has 2 aromatic rings. The normalized spacial score (nSPS) is 16.6. The van der Waals surface area contributed by atoms with E-state index in [0.29, 0.717) is 36.9 Å². The number of anilines is 1. The van der Waals surface area contributed by atoms with Crippen LogP contribution in [0.25, 0.3) is 0 Å². The van der Waals surface area contributed by atoms with Crippen molar-refractivity contribution in [3.05, 3.63) is 53.1 Å². The number of aryl methyl sites for hydroxylation is 2. The first-order chi connectivity index (χ1) is 15.0. The lowest BCUT2D eigenvalue weighted by molar-refractivity contribution is -0.136. The molecule has 2 aromatic carbocycles. The predicted octanol–water partition coefficient (Wildman–Crippen LogP) is 2.16. The second-order valence-corrected chi connectivity index (χ2v) is 7.76. The average molecular weight is 425 g/mol. The molecule has 0 radical (unpaired) electrons. The van der Waals surface area contributed by atoms with Gasteiger partial charge in [0.2, 0.25) is 6.79 Å². The lowest BCUT2D eigenvalue weighted by Crippen LogP contribution is -2.45. The molecule has 8 heteroatoms. The van der Waals surface area contributed by atoms with E-state index in [1.807, 2.05) is 50.2 Å². The van der Waals surface area contributed by atoms with E-state index in [9.17, 15) is 9.59 Å². The minimum Gasteiger partial charge on any atom is -0.454 e. The Kier molecular flexibility index (Phi) is 6.39. The molecule has 2 N–H and O–H groups in total. The summed E-state index contributed by atoms with van der Waals surface area (Å²) < 4.78 is 16.4. The summed E-state index contributed by atoms with van der Waals surface area (Å²) in [7, 11) is 0. The fourth-order valence-corrected chi connectivity index (χ4v) is 3.79. The molecule has 1 atom stereocenters. The molecular formula is C23H27N3O5. The summed E-state index contributed by atoms with van der Waals surface area (Å²) in [6.07, 6.45) is 0. The fourth-order valence-electron chi connectivity index (χ4n) is 3.79. The van der Waals surface area contributed by atoms with E-state index in [1.165, 1.54) is 0 Å². The maximum Gasteiger partial charge on any atom is 0.313 e. The quantitative estimate of drug-likeness (QED) is 0.714. The predicted molar refractivity (Wildman–Crippen MR) is 115 cm³/mol. The van der Waals surface area contributed by atoms with Gasteiger partial charge < -0.3 is 24.8 Å². The van der Waals surface area contributed by atoms with Gasteiger partial charge in [0.15, 0.2) is 11.5 Å². The Morgan fingerprint density at radius 3 is 2.58 bits per heavy atom. The van der Waals surface area contributed by atoms with E-state index in [1.54, 1.807) is 0 Å². The van der Waals surface area contributed by atoms with Crippen LogP contribution in [0.2, 0.25) is 0 Å². The lowest BCUT2D eigenvalue weighted by Gasteiger charge is -2.35. The molecule has 0 saturated carbocycles. The Morgan fingerprint density at radius 2 is 1.77 bits per heavy atom. The number of morpholine rings is 1. The Morgan fingerprint density at radius 1 is 1.00 bits per heavy atom. The first-order valence-electron chi connectivity index (χ1n) is 10.4. The maximum absolute atomic E-state index is 12.5. The van der Waals surface area contributed by atoms with Gasteiger partial charge in [-0.3, -0.25) is 14.5 Å². The van der Waals surface area contributed by atoms with Gasteiger partial charge in [0.05, 0.1) is 19.3 Å². The SMILES string of the molecule is Cc1ccc(C)c(NC(=O)C(=O)NC[C@H](c2ccc3c(c2)OCO3)N2CCOCC2)c1. The first kappa shape index (κ1) is 21.1. The molecule has 2 heterocycles. The standard InChI is InChI=1S/C23H27N3O5/c1-15-3-4-16(2)18(11-15)25-23(28)22(27)24-13-19(26-7-9-29-10-8-26)17-5-6-20-21(12-17)31-14-30-20/h3-6,11-12,19H,7-10,13-14H2,1-2H3,(H,24,27)(H,25,28)/t19-/m1/s1. The molecule has 31 heavy (non-hydrogen) atoms. The van der Waals surface area contributed by atoms with E-state index < -0.39 is 11.8 Å². The van der Waals surface area contributed by atoms with Gasteiger partial charge in [0.1, 0.15) is 0 Å². The summed E-state index contributed by atoms with van der Waals surface area (Å²) in [6.45, 7) is 7.06. The molecule has 2 aliphatic heterocycles. The van der Waals surface area contributed by atoms with E-state index in [2.05, 4.69) is 15.5 Å². The molecular weight excluding hydrogens is 398 g/mol. The summed E-state index contributed by atoms with van der Waals surface area (Å²) in [5.74, 6) is 0.0520. The third kappa shape index (κ3) is 4.98. The molecule has 0 spiro atoms. The topological polar surface area (TPSA) is 89.1 Å². The summed E-state index contributed by atoms with van der Waals surface area (Å²) in [6, 6.07) is 11.4. The van der Waals surface area contributed by atoms with E-state index >= 15 is 0 Å². The largest absolute Gasteiger partial charge is 0.454 e. The minimum atomic E-state index is -0.680. The molecule has 0 unspecified atom stereocenters. The van der Waals surface area contributed by atoms with Gasteiger partial charge in [0.25, 0.3) is 0 Å². The third-order valence-electron chi connectivity index (χ3n) is 5.57. The number of ether oxygens (including phenoxy) is 3. The monoisotopic (exact) mass is 425 g/mol. The van der Waals surface area contributed by atoms with Gasteiger partial charge in [-0.25, -0.2) is 0 Å². The smallest absolute Gasteiger partial charge is 0.313 e. The number of amides is 2. The minimum absolute atomic E-state index is 0.115. The lowest BCUT2D eigenvalue weighted by atomic mass is 10.0. The van der Waals surface area contributed by atoms with Gasteiger partial charge in [-0.05, 0) is 48.7 Å². The van der Waals surface area contributed by atoms with Crippen LogP contribution < -0.4 is 20.1 Å². The zero-order valence-electron chi connectivity index (χ0n) is 17.8. The van der Waals surface area contributed by atoms with Crippen molar-refractivity contribution < 1.29 is 23.8 Å². The van der Waals surface area contributed by atoms with Crippen LogP contribution in [-0.4, -0.2) is 56.4 Å². The van der Waals surface area contributed by atoms with Gasteiger partial charge in [0, 0.05) is 25.3 Å². The van der Waals surface area contributed by atoms with E-state index in [0.717, 1.165) is 29.8 Å². The number of carbonyl (C=O) groups excluding carboxylic acids is 2. The average Bonchev–Trinajstić information content (AvgIpc) is 3.25. The van der Waals surface area contributed by atoms with Crippen molar-refractivity contribution in [3.63, 3.8) is 0 Å². The van der Waals surface area contributed by atoms with Gasteiger partial charge >= 0.3 is 11.8 Å². The number of carbonyl (C=O) groups is 2. The summed E-state index contributed by atoms with van der Waals surface area (Å²) in [5, 5.41) is 5.50. The summed E-state index contributed by atoms with van der Waals surface area (Å²) in [5.41, 5.74) is 3.54. The number of rotatable bonds is 5. The Balaban J connectivity index is 1.44. The van der Waals surface area contributed by atoms with Crippen molar-refractivity contribution >= 4 is 17.5 Å². The number of fused-ring (bicyclic) bond motifs is 1. The van der Waals surface area contributed by atoms with Crippen LogP contribution in [0.3, 0.4) is 0 Å². The molecule has 1 saturated heterocycles. The van der Waals surface area contributed by atoms with Crippen molar-refractivity contribution in [2.75, 3.05) is 45.0 Å². The zero-order valence-corrected chi connectivity index (χ0v) is 17.8. The Labute approximate surface area is 181 Å². The molecule has 4 rings (SSSR count). The van der Waals surface area contributed by atoms with Crippen LogP contribution in [0.15, 0.2) is 36.4 Å².